The summed E-state index contributed by atoms with van der Waals surface area (Å²) in [6.45, 7) is 2.62. The van der Waals surface area contributed by atoms with Gasteiger partial charge >= 0.3 is 6.09 Å². The van der Waals surface area contributed by atoms with Gasteiger partial charge in [0.1, 0.15) is 0 Å². The molecular weight excluding hydrogens is 240 g/mol. The zero-order valence-electron chi connectivity index (χ0n) is 10.8. The number of carbonyl (C=O) groups excluding carboxylic acids is 1. The van der Waals surface area contributed by atoms with Gasteiger partial charge in [0.25, 0.3) is 0 Å². The summed E-state index contributed by atoms with van der Waals surface area (Å²) in [5.41, 5.74) is 3.24. The van der Waals surface area contributed by atoms with E-state index in [-0.39, 0.29) is 0 Å². The highest BCUT2D eigenvalue weighted by atomic mass is 16.5. The zero-order chi connectivity index (χ0) is 13.5. The molecule has 0 aliphatic rings. The lowest BCUT2D eigenvalue weighted by atomic mass is 10.0. The molecular formula is C15H16N2O2. The van der Waals surface area contributed by atoms with E-state index in [0.29, 0.717) is 13.2 Å². The number of amides is 1. The molecule has 1 aromatic carbocycles. The SMILES string of the molecule is CCOC(=O)NCc1cccc(-c2ccncc2)c1. The van der Waals surface area contributed by atoms with E-state index >= 15 is 0 Å². The molecule has 4 nitrogen and oxygen atoms in total. The van der Waals surface area contributed by atoms with Crippen LogP contribution in [0.5, 0.6) is 0 Å². The first kappa shape index (κ1) is 13.1. The van der Waals surface area contributed by atoms with Gasteiger partial charge in [-0.2, -0.15) is 0 Å². The van der Waals surface area contributed by atoms with Crippen LogP contribution in [-0.4, -0.2) is 17.7 Å². The fraction of sp³-hybridized carbons (Fsp3) is 0.200. The molecule has 98 valence electrons. The minimum Gasteiger partial charge on any atom is -0.450 e. The molecule has 1 heterocycles. The van der Waals surface area contributed by atoms with Crippen LogP contribution in [0.25, 0.3) is 11.1 Å². The molecule has 0 aliphatic heterocycles. The van der Waals surface area contributed by atoms with E-state index < -0.39 is 6.09 Å². The molecule has 0 atom stereocenters. The van der Waals surface area contributed by atoms with E-state index in [1.54, 1.807) is 19.3 Å². The largest absolute Gasteiger partial charge is 0.450 e. The summed E-state index contributed by atoms with van der Waals surface area (Å²) >= 11 is 0. The number of hydrogen-bond donors (Lipinski definition) is 1. The summed E-state index contributed by atoms with van der Waals surface area (Å²) in [5.74, 6) is 0. The van der Waals surface area contributed by atoms with Crippen molar-refractivity contribution in [3.63, 3.8) is 0 Å². The first-order chi connectivity index (χ1) is 9.29. The van der Waals surface area contributed by atoms with Crippen LogP contribution in [0.15, 0.2) is 48.8 Å². The lowest BCUT2D eigenvalue weighted by Crippen LogP contribution is -2.23. The summed E-state index contributed by atoms with van der Waals surface area (Å²) in [6, 6.07) is 11.9. The van der Waals surface area contributed by atoms with E-state index in [9.17, 15) is 4.79 Å². The van der Waals surface area contributed by atoms with E-state index in [0.717, 1.165) is 16.7 Å². The number of nitrogens with zero attached hydrogens (tertiary/aromatic N) is 1. The van der Waals surface area contributed by atoms with Crippen LogP contribution in [0.4, 0.5) is 4.79 Å². The second-order valence-corrected chi connectivity index (χ2v) is 4.01. The number of rotatable bonds is 4. The Hall–Kier alpha value is -2.36. The Bertz CT molecular complexity index is 541. The van der Waals surface area contributed by atoms with Crippen LogP contribution < -0.4 is 5.32 Å². The van der Waals surface area contributed by atoms with Crippen LogP contribution in [-0.2, 0) is 11.3 Å². The highest BCUT2D eigenvalue weighted by molar-refractivity contribution is 5.67. The lowest BCUT2D eigenvalue weighted by molar-refractivity contribution is 0.151. The smallest absolute Gasteiger partial charge is 0.407 e. The minimum absolute atomic E-state index is 0.378. The average Bonchev–Trinajstić information content (AvgIpc) is 2.47. The predicted octanol–water partition coefficient (Wildman–Crippen LogP) is 2.99. The van der Waals surface area contributed by atoms with Crippen LogP contribution in [0.1, 0.15) is 12.5 Å². The molecule has 0 aliphatic carbocycles. The van der Waals surface area contributed by atoms with Crippen LogP contribution in [0.3, 0.4) is 0 Å². The molecule has 0 radical (unpaired) electrons. The quantitative estimate of drug-likeness (QED) is 0.914. The van der Waals surface area contributed by atoms with Crippen molar-refractivity contribution in [1.82, 2.24) is 10.3 Å². The van der Waals surface area contributed by atoms with Gasteiger partial charge in [-0.25, -0.2) is 4.79 Å². The number of ether oxygens (including phenoxy) is 1. The molecule has 2 aromatic rings. The van der Waals surface area contributed by atoms with E-state index in [2.05, 4.69) is 10.3 Å². The van der Waals surface area contributed by atoms with Crippen molar-refractivity contribution < 1.29 is 9.53 Å². The van der Waals surface area contributed by atoms with Gasteiger partial charge in [0.05, 0.1) is 6.61 Å². The first-order valence-electron chi connectivity index (χ1n) is 6.19. The average molecular weight is 256 g/mol. The Balaban J connectivity index is 2.06. The molecule has 1 aromatic heterocycles. The molecule has 4 heteroatoms. The van der Waals surface area contributed by atoms with Gasteiger partial charge in [0, 0.05) is 18.9 Å². The summed E-state index contributed by atoms with van der Waals surface area (Å²) in [6.07, 6.45) is 3.13. The number of pyridine rings is 1. The Morgan fingerprint density at radius 3 is 2.74 bits per heavy atom. The van der Waals surface area contributed by atoms with Crippen molar-refractivity contribution in [2.75, 3.05) is 6.61 Å². The fourth-order valence-electron chi connectivity index (χ4n) is 1.76. The summed E-state index contributed by atoms with van der Waals surface area (Å²) in [7, 11) is 0. The van der Waals surface area contributed by atoms with E-state index in [4.69, 9.17) is 4.74 Å². The van der Waals surface area contributed by atoms with Gasteiger partial charge in [-0.1, -0.05) is 18.2 Å². The highest BCUT2D eigenvalue weighted by Crippen LogP contribution is 2.19. The molecule has 19 heavy (non-hydrogen) atoms. The second kappa shape index (κ2) is 6.54. The standard InChI is InChI=1S/C15H16N2O2/c1-2-19-15(18)17-11-12-4-3-5-14(10-12)13-6-8-16-9-7-13/h3-10H,2,11H2,1H3,(H,17,18). The third-order valence-electron chi connectivity index (χ3n) is 2.65. The third-order valence-corrected chi connectivity index (χ3v) is 2.65. The molecule has 1 amide bonds. The van der Waals surface area contributed by atoms with E-state index in [1.165, 1.54) is 0 Å². The number of alkyl carbamates (subject to hydrolysis) is 1. The maximum absolute atomic E-state index is 11.2. The summed E-state index contributed by atoms with van der Waals surface area (Å²) < 4.78 is 4.82. The molecule has 0 saturated carbocycles. The Kier molecular flexibility index (Phi) is 4.50. The Morgan fingerprint density at radius 2 is 2.00 bits per heavy atom. The predicted molar refractivity (Wildman–Crippen MR) is 73.5 cm³/mol. The number of carbonyl (C=O) groups is 1. The van der Waals surface area contributed by atoms with Crippen molar-refractivity contribution in [1.29, 1.82) is 0 Å². The molecule has 1 N–H and O–H groups in total. The molecule has 0 saturated heterocycles. The van der Waals surface area contributed by atoms with Crippen molar-refractivity contribution in [3.05, 3.63) is 54.4 Å². The molecule has 2 rings (SSSR count). The fourth-order valence-corrected chi connectivity index (χ4v) is 1.76. The monoisotopic (exact) mass is 256 g/mol. The summed E-state index contributed by atoms with van der Waals surface area (Å²) in [5, 5.41) is 2.71. The normalized spacial score (nSPS) is 9.95. The number of benzene rings is 1. The minimum atomic E-state index is -0.392. The van der Waals surface area contributed by atoms with Crippen molar-refractivity contribution in [2.45, 2.75) is 13.5 Å². The van der Waals surface area contributed by atoms with Gasteiger partial charge in [0.15, 0.2) is 0 Å². The maximum Gasteiger partial charge on any atom is 0.407 e. The molecule has 0 fully saturated rings. The van der Waals surface area contributed by atoms with Gasteiger partial charge in [0.2, 0.25) is 0 Å². The Morgan fingerprint density at radius 1 is 1.21 bits per heavy atom. The first-order valence-corrected chi connectivity index (χ1v) is 6.19. The Labute approximate surface area is 112 Å². The topological polar surface area (TPSA) is 51.2 Å². The van der Waals surface area contributed by atoms with Crippen LogP contribution >= 0.6 is 0 Å². The lowest BCUT2D eigenvalue weighted by Gasteiger charge is -2.07. The third kappa shape index (κ3) is 3.81. The molecule has 0 bridgehead atoms. The molecule has 0 unspecified atom stereocenters. The van der Waals surface area contributed by atoms with Gasteiger partial charge < -0.3 is 10.1 Å². The van der Waals surface area contributed by atoms with Crippen LogP contribution in [0, 0.1) is 0 Å². The number of nitrogens with one attached hydrogen (secondary N) is 1. The van der Waals surface area contributed by atoms with Crippen LogP contribution in [0.2, 0.25) is 0 Å². The maximum atomic E-state index is 11.2. The van der Waals surface area contributed by atoms with Crippen molar-refractivity contribution >= 4 is 6.09 Å². The molecule has 0 spiro atoms. The van der Waals surface area contributed by atoms with Gasteiger partial charge in [-0.05, 0) is 41.8 Å². The van der Waals surface area contributed by atoms with Crippen molar-refractivity contribution in [2.24, 2.45) is 0 Å². The van der Waals surface area contributed by atoms with Crippen molar-refractivity contribution in [3.8, 4) is 11.1 Å². The number of hydrogen-bond acceptors (Lipinski definition) is 3. The van der Waals surface area contributed by atoms with Gasteiger partial charge in [-0.3, -0.25) is 4.98 Å². The summed E-state index contributed by atoms with van der Waals surface area (Å²) in [4.78, 5) is 15.2. The van der Waals surface area contributed by atoms with Gasteiger partial charge in [-0.15, -0.1) is 0 Å². The number of aromatic nitrogens is 1. The second-order valence-electron chi connectivity index (χ2n) is 4.01. The van der Waals surface area contributed by atoms with E-state index in [1.807, 2.05) is 36.4 Å². The highest BCUT2D eigenvalue weighted by Gasteiger charge is 2.02. The zero-order valence-corrected chi connectivity index (χ0v) is 10.8.